The number of benzene rings is 1. The van der Waals surface area contributed by atoms with Crippen LogP contribution in [0, 0.1) is 18.7 Å². The molecule has 1 aromatic rings. The third-order valence-electron chi connectivity index (χ3n) is 3.75. The predicted molar refractivity (Wildman–Crippen MR) is 76.0 cm³/mol. The third-order valence-corrected chi connectivity index (χ3v) is 3.75. The molecule has 0 amide bonds. The SMILES string of the molecule is CCCCC(CC)CC(N)c1cccc(C)c1F. The number of unbranched alkanes of at least 4 members (excludes halogenated alkanes) is 1. The summed E-state index contributed by atoms with van der Waals surface area (Å²) in [6, 6.07) is 5.33. The monoisotopic (exact) mass is 251 g/mol. The van der Waals surface area contributed by atoms with Crippen molar-refractivity contribution < 1.29 is 4.39 Å². The van der Waals surface area contributed by atoms with Crippen LogP contribution in [0.4, 0.5) is 4.39 Å². The van der Waals surface area contributed by atoms with Crippen LogP contribution in [0.2, 0.25) is 0 Å². The summed E-state index contributed by atoms with van der Waals surface area (Å²) in [5.74, 6) is 0.482. The van der Waals surface area contributed by atoms with Crippen LogP contribution in [0.15, 0.2) is 18.2 Å². The molecule has 1 rings (SSSR count). The summed E-state index contributed by atoms with van der Waals surface area (Å²) in [7, 11) is 0. The number of aryl methyl sites for hydroxylation is 1. The molecule has 0 aromatic heterocycles. The third kappa shape index (κ3) is 4.09. The molecule has 0 saturated heterocycles. The van der Waals surface area contributed by atoms with Crippen molar-refractivity contribution in [2.75, 3.05) is 0 Å². The molecular weight excluding hydrogens is 225 g/mol. The largest absolute Gasteiger partial charge is 0.324 e. The Labute approximate surface area is 111 Å². The molecule has 102 valence electrons. The van der Waals surface area contributed by atoms with Gasteiger partial charge in [-0.15, -0.1) is 0 Å². The molecule has 0 fully saturated rings. The Morgan fingerprint density at radius 2 is 2.00 bits per heavy atom. The van der Waals surface area contributed by atoms with E-state index < -0.39 is 0 Å². The second kappa shape index (κ2) is 7.52. The summed E-state index contributed by atoms with van der Waals surface area (Å²) in [6.07, 6.45) is 5.66. The predicted octanol–water partition coefficient (Wildman–Crippen LogP) is 4.74. The van der Waals surface area contributed by atoms with E-state index in [-0.39, 0.29) is 11.9 Å². The molecule has 0 heterocycles. The zero-order valence-electron chi connectivity index (χ0n) is 11.9. The van der Waals surface area contributed by atoms with Gasteiger partial charge in [-0.1, -0.05) is 57.7 Å². The first-order chi connectivity index (χ1) is 8.60. The lowest BCUT2D eigenvalue weighted by molar-refractivity contribution is 0.383. The van der Waals surface area contributed by atoms with Gasteiger partial charge in [-0.3, -0.25) is 0 Å². The fourth-order valence-corrected chi connectivity index (χ4v) is 2.42. The minimum Gasteiger partial charge on any atom is -0.324 e. The highest BCUT2D eigenvalue weighted by Crippen LogP contribution is 2.27. The van der Waals surface area contributed by atoms with Crippen molar-refractivity contribution in [1.29, 1.82) is 0 Å². The molecule has 0 aliphatic rings. The molecule has 0 spiro atoms. The summed E-state index contributed by atoms with van der Waals surface area (Å²) in [6.45, 7) is 6.19. The molecule has 0 saturated carbocycles. The summed E-state index contributed by atoms with van der Waals surface area (Å²) in [4.78, 5) is 0. The van der Waals surface area contributed by atoms with Crippen LogP contribution in [-0.4, -0.2) is 0 Å². The lowest BCUT2D eigenvalue weighted by Gasteiger charge is -2.20. The fraction of sp³-hybridized carbons (Fsp3) is 0.625. The Bertz CT molecular complexity index is 362. The van der Waals surface area contributed by atoms with Crippen molar-refractivity contribution in [3.05, 3.63) is 35.1 Å². The highest BCUT2D eigenvalue weighted by Gasteiger charge is 2.17. The molecule has 1 nitrogen and oxygen atoms in total. The van der Waals surface area contributed by atoms with Gasteiger partial charge in [-0.25, -0.2) is 4.39 Å². The van der Waals surface area contributed by atoms with Crippen molar-refractivity contribution in [1.82, 2.24) is 0 Å². The first-order valence-corrected chi connectivity index (χ1v) is 7.10. The Kier molecular flexibility index (Phi) is 6.34. The zero-order valence-corrected chi connectivity index (χ0v) is 11.9. The molecule has 2 atom stereocenters. The Morgan fingerprint density at radius 1 is 1.28 bits per heavy atom. The van der Waals surface area contributed by atoms with E-state index in [1.807, 2.05) is 12.1 Å². The van der Waals surface area contributed by atoms with Gasteiger partial charge >= 0.3 is 0 Å². The molecule has 2 unspecified atom stereocenters. The average Bonchev–Trinajstić information content (AvgIpc) is 2.37. The van der Waals surface area contributed by atoms with Crippen LogP contribution in [0.5, 0.6) is 0 Å². The number of halogens is 1. The standard InChI is InChI=1S/C16H26FN/c1-4-6-9-13(5-2)11-15(18)14-10-7-8-12(3)16(14)17/h7-8,10,13,15H,4-6,9,11,18H2,1-3H3. The van der Waals surface area contributed by atoms with Gasteiger partial charge in [0.25, 0.3) is 0 Å². The minimum absolute atomic E-state index is 0.129. The van der Waals surface area contributed by atoms with Gasteiger partial charge < -0.3 is 5.73 Å². The lowest BCUT2D eigenvalue weighted by Crippen LogP contribution is -2.17. The molecular formula is C16H26FN. The van der Waals surface area contributed by atoms with Gasteiger partial charge in [0.05, 0.1) is 0 Å². The summed E-state index contributed by atoms with van der Waals surface area (Å²) >= 11 is 0. The molecule has 0 aliphatic carbocycles. The maximum atomic E-state index is 14.0. The lowest BCUT2D eigenvalue weighted by atomic mass is 9.89. The van der Waals surface area contributed by atoms with Crippen molar-refractivity contribution in [2.24, 2.45) is 11.7 Å². The summed E-state index contributed by atoms with van der Waals surface area (Å²) in [5, 5.41) is 0. The Balaban J connectivity index is 2.68. The normalized spacial score (nSPS) is 14.5. The zero-order chi connectivity index (χ0) is 13.5. The van der Waals surface area contributed by atoms with Gasteiger partial charge in [0.15, 0.2) is 0 Å². The van der Waals surface area contributed by atoms with Crippen LogP contribution in [-0.2, 0) is 0 Å². The highest BCUT2D eigenvalue weighted by molar-refractivity contribution is 5.27. The molecule has 18 heavy (non-hydrogen) atoms. The van der Waals surface area contributed by atoms with Crippen LogP contribution in [0.25, 0.3) is 0 Å². The minimum atomic E-state index is -0.174. The Morgan fingerprint density at radius 3 is 2.61 bits per heavy atom. The average molecular weight is 251 g/mol. The number of nitrogens with two attached hydrogens (primary N) is 1. The van der Waals surface area contributed by atoms with E-state index in [9.17, 15) is 4.39 Å². The number of hydrogen-bond acceptors (Lipinski definition) is 1. The van der Waals surface area contributed by atoms with E-state index >= 15 is 0 Å². The number of hydrogen-bond donors (Lipinski definition) is 1. The van der Waals surface area contributed by atoms with Gasteiger partial charge in [-0.05, 0) is 24.8 Å². The van der Waals surface area contributed by atoms with E-state index in [1.165, 1.54) is 19.3 Å². The van der Waals surface area contributed by atoms with E-state index in [1.54, 1.807) is 13.0 Å². The second-order valence-corrected chi connectivity index (χ2v) is 5.24. The molecule has 0 radical (unpaired) electrons. The molecule has 0 aliphatic heterocycles. The van der Waals surface area contributed by atoms with Gasteiger partial charge in [0.2, 0.25) is 0 Å². The van der Waals surface area contributed by atoms with Crippen LogP contribution in [0.3, 0.4) is 0 Å². The second-order valence-electron chi connectivity index (χ2n) is 5.24. The van der Waals surface area contributed by atoms with Crippen molar-refractivity contribution in [2.45, 2.75) is 58.9 Å². The van der Waals surface area contributed by atoms with E-state index in [2.05, 4.69) is 13.8 Å². The highest BCUT2D eigenvalue weighted by atomic mass is 19.1. The van der Waals surface area contributed by atoms with Crippen molar-refractivity contribution in [3.63, 3.8) is 0 Å². The van der Waals surface area contributed by atoms with Gasteiger partial charge in [-0.2, -0.15) is 0 Å². The molecule has 0 bridgehead atoms. The van der Waals surface area contributed by atoms with Crippen LogP contribution in [0.1, 0.15) is 63.1 Å². The Hall–Kier alpha value is -0.890. The fourth-order valence-electron chi connectivity index (χ4n) is 2.42. The first kappa shape index (κ1) is 15.2. The topological polar surface area (TPSA) is 26.0 Å². The van der Waals surface area contributed by atoms with Gasteiger partial charge in [0.1, 0.15) is 5.82 Å². The quantitative estimate of drug-likeness (QED) is 0.744. The summed E-state index contributed by atoms with van der Waals surface area (Å²) in [5.41, 5.74) is 7.53. The maximum absolute atomic E-state index is 14.0. The maximum Gasteiger partial charge on any atom is 0.130 e. The first-order valence-electron chi connectivity index (χ1n) is 7.10. The molecule has 2 N–H and O–H groups in total. The molecule has 1 aromatic carbocycles. The van der Waals surface area contributed by atoms with Crippen molar-refractivity contribution in [3.8, 4) is 0 Å². The van der Waals surface area contributed by atoms with Gasteiger partial charge in [0, 0.05) is 11.6 Å². The van der Waals surface area contributed by atoms with E-state index in [4.69, 9.17) is 5.73 Å². The van der Waals surface area contributed by atoms with Crippen LogP contribution >= 0.6 is 0 Å². The smallest absolute Gasteiger partial charge is 0.130 e. The summed E-state index contributed by atoms with van der Waals surface area (Å²) < 4.78 is 14.0. The molecule has 2 heteroatoms. The van der Waals surface area contributed by atoms with Crippen molar-refractivity contribution >= 4 is 0 Å². The van der Waals surface area contributed by atoms with Crippen LogP contribution < -0.4 is 5.73 Å². The number of rotatable bonds is 7. The van der Waals surface area contributed by atoms with E-state index in [0.717, 1.165) is 12.8 Å². The van der Waals surface area contributed by atoms with E-state index in [0.29, 0.717) is 17.0 Å².